The fourth-order valence-corrected chi connectivity index (χ4v) is 3.32. The van der Waals surface area contributed by atoms with Crippen LogP contribution in [0.1, 0.15) is 61.3 Å². The monoisotopic (exact) mass is 282 g/mol. The van der Waals surface area contributed by atoms with Crippen molar-refractivity contribution in [3.8, 4) is 0 Å². The Hall–Kier alpha value is -0.0800. The van der Waals surface area contributed by atoms with Crippen molar-refractivity contribution in [2.45, 2.75) is 61.3 Å². The molecule has 0 unspecified atom stereocenters. The molecule has 120 valence electrons. The molecule has 0 amide bonds. The number of nitrogens with one attached hydrogen (secondary N) is 1. The smallest absolute Gasteiger partial charge is 0.00448 e. The van der Waals surface area contributed by atoms with Crippen LogP contribution in [-0.2, 0) is 0 Å². The first-order chi connectivity index (χ1) is 9.10. The molecule has 0 radical (unpaired) electrons. The van der Waals surface area contributed by atoms with E-state index in [1.54, 1.807) is 0 Å². The number of likely N-dealkylation sites (tertiary alicyclic amines) is 1. The second-order valence-electron chi connectivity index (χ2n) is 9.11. The first kappa shape index (κ1) is 18.0. The average Bonchev–Trinajstić information content (AvgIpc) is 2.26. The lowest BCUT2D eigenvalue weighted by Gasteiger charge is -2.41. The Balaban J connectivity index is 2.31. The van der Waals surface area contributed by atoms with Crippen LogP contribution in [0.5, 0.6) is 0 Å². The van der Waals surface area contributed by atoms with Crippen LogP contribution in [0.25, 0.3) is 0 Å². The molecule has 1 aliphatic rings. The maximum absolute atomic E-state index is 3.62. The van der Waals surface area contributed by atoms with Gasteiger partial charge in [-0.05, 0) is 55.1 Å². The fraction of sp³-hybridized carbons (Fsp3) is 1.00. The van der Waals surface area contributed by atoms with Crippen LogP contribution in [0.4, 0.5) is 0 Å². The van der Waals surface area contributed by atoms with Gasteiger partial charge in [-0.1, -0.05) is 48.5 Å². The number of rotatable bonds is 6. The van der Waals surface area contributed by atoms with Crippen LogP contribution in [0.15, 0.2) is 0 Å². The van der Waals surface area contributed by atoms with E-state index in [1.165, 1.54) is 32.5 Å². The van der Waals surface area contributed by atoms with Gasteiger partial charge in [0.05, 0.1) is 0 Å². The molecule has 0 aromatic rings. The zero-order valence-electron chi connectivity index (χ0n) is 15.1. The van der Waals surface area contributed by atoms with Crippen LogP contribution < -0.4 is 5.32 Å². The Morgan fingerprint density at radius 2 is 1.60 bits per heavy atom. The van der Waals surface area contributed by atoms with Gasteiger partial charge in [0.2, 0.25) is 0 Å². The van der Waals surface area contributed by atoms with Gasteiger partial charge in [0.15, 0.2) is 0 Å². The molecule has 0 aromatic heterocycles. The van der Waals surface area contributed by atoms with Crippen molar-refractivity contribution < 1.29 is 0 Å². The van der Waals surface area contributed by atoms with E-state index in [4.69, 9.17) is 0 Å². The van der Waals surface area contributed by atoms with Crippen molar-refractivity contribution in [3.63, 3.8) is 0 Å². The van der Waals surface area contributed by atoms with Gasteiger partial charge in [0, 0.05) is 13.1 Å². The lowest BCUT2D eigenvalue weighted by atomic mass is 9.75. The molecule has 0 bridgehead atoms. The van der Waals surface area contributed by atoms with Crippen molar-refractivity contribution >= 4 is 0 Å². The maximum atomic E-state index is 3.62. The number of nitrogens with zero attached hydrogens (tertiary/aromatic N) is 1. The van der Waals surface area contributed by atoms with E-state index in [0.717, 1.165) is 24.9 Å². The summed E-state index contributed by atoms with van der Waals surface area (Å²) in [5, 5.41) is 3.62. The van der Waals surface area contributed by atoms with Gasteiger partial charge in [0.25, 0.3) is 0 Å². The summed E-state index contributed by atoms with van der Waals surface area (Å²) in [4.78, 5) is 2.68. The van der Waals surface area contributed by atoms with E-state index in [0.29, 0.717) is 10.8 Å². The summed E-state index contributed by atoms with van der Waals surface area (Å²) in [6.45, 7) is 22.6. The van der Waals surface area contributed by atoms with Gasteiger partial charge in [-0.25, -0.2) is 0 Å². The molecule has 2 nitrogen and oxygen atoms in total. The molecule has 0 spiro atoms. The predicted molar refractivity (Wildman–Crippen MR) is 90.1 cm³/mol. The maximum Gasteiger partial charge on any atom is 0.00448 e. The van der Waals surface area contributed by atoms with Gasteiger partial charge in [-0.15, -0.1) is 0 Å². The first-order valence-corrected chi connectivity index (χ1v) is 8.53. The minimum absolute atomic E-state index is 0.378. The summed E-state index contributed by atoms with van der Waals surface area (Å²) in [5.41, 5.74) is 0.865. The van der Waals surface area contributed by atoms with E-state index in [-0.39, 0.29) is 0 Å². The highest BCUT2D eigenvalue weighted by Crippen LogP contribution is 2.34. The number of piperidine rings is 1. The van der Waals surface area contributed by atoms with Crippen molar-refractivity contribution in [2.75, 3.05) is 32.7 Å². The Labute approximate surface area is 127 Å². The standard InChI is InChI=1S/C18H38N2/c1-15(2)12-19-13-18(6,7)14-20-10-8-16(9-11-20)17(3,4)5/h15-16,19H,8-14H2,1-7H3. The molecule has 20 heavy (non-hydrogen) atoms. The van der Waals surface area contributed by atoms with E-state index in [2.05, 4.69) is 58.7 Å². The summed E-state index contributed by atoms with van der Waals surface area (Å²) >= 11 is 0. The summed E-state index contributed by atoms with van der Waals surface area (Å²) in [5.74, 6) is 1.65. The molecule has 1 rings (SSSR count). The molecule has 1 aliphatic heterocycles. The molecule has 1 fully saturated rings. The van der Waals surface area contributed by atoms with Gasteiger partial charge in [-0.3, -0.25) is 0 Å². The van der Waals surface area contributed by atoms with Crippen molar-refractivity contribution in [2.24, 2.45) is 22.7 Å². The third kappa shape index (κ3) is 6.58. The minimum atomic E-state index is 0.378. The average molecular weight is 283 g/mol. The third-order valence-corrected chi connectivity index (χ3v) is 4.62. The molecular weight excluding hydrogens is 244 g/mol. The molecule has 1 heterocycles. The Kier molecular flexibility index (Phi) is 6.53. The topological polar surface area (TPSA) is 15.3 Å². The zero-order valence-corrected chi connectivity index (χ0v) is 15.1. The zero-order chi connectivity index (χ0) is 15.4. The van der Waals surface area contributed by atoms with Gasteiger partial charge >= 0.3 is 0 Å². The van der Waals surface area contributed by atoms with E-state index >= 15 is 0 Å². The summed E-state index contributed by atoms with van der Waals surface area (Å²) in [7, 11) is 0. The minimum Gasteiger partial charge on any atom is -0.316 e. The largest absolute Gasteiger partial charge is 0.316 e. The fourth-order valence-electron chi connectivity index (χ4n) is 3.32. The first-order valence-electron chi connectivity index (χ1n) is 8.53. The lowest BCUT2D eigenvalue weighted by molar-refractivity contribution is 0.0840. The Morgan fingerprint density at radius 1 is 1.05 bits per heavy atom. The SMILES string of the molecule is CC(C)CNCC(C)(C)CN1CCC(C(C)(C)C)CC1. The van der Waals surface area contributed by atoms with Crippen LogP contribution in [0, 0.1) is 22.7 Å². The van der Waals surface area contributed by atoms with Gasteiger partial charge in [-0.2, -0.15) is 0 Å². The Morgan fingerprint density at radius 3 is 2.05 bits per heavy atom. The summed E-state index contributed by atoms with van der Waals surface area (Å²) < 4.78 is 0. The summed E-state index contributed by atoms with van der Waals surface area (Å²) in [6.07, 6.45) is 2.75. The van der Waals surface area contributed by atoms with Crippen molar-refractivity contribution in [3.05, 3.63) is 0 Å². The predicted octanol–water partition coefficient (Wildman–Crippen LogP) is 4.02. The van der Waals surface area contributed by atoms with Crippen molar-refractivity contribution in [1.82, 2.24) is 10.2 Å². The third-order valence-electron chi connectivity index (χ3n) is 4.62. The lowest BCUT2D eigenvalue weighted by Crippen LogP contribution is -2.45. The van der Waals surface area contributed by atoms with E-state index < -0.39 is 0 Å². The molecule has 0 atom stereocenters. The van der Waals surface area contributed by atoms with E-state index in [1.807, 2.05) is 0 Å². The highest BCUT2D eigenvalue weighted by molar-refractivity contribution is 4.84. The van der Waals surface area contributed by atoms with Gasteiger partial charge in [0.1, 0.15) is 0 Å². The quantitative estimate of drug-likeness (QED) is 0.791. The molecule has 2 heteroatoms. The van der Waals surface area contributed by atoms with Gasteiger partial charge < -0.3 is 10.2 Å². The van der Waals surface area contributed by atoms with Crippen molar-refractivity contribution in [1.29, 1.82) is 0 Å². The molecule has 0 aromatic carbocycles. The number of hydrogen-bond donors (Lipinski definition) is 1. The summed E-state index contributed by atoms with van der Waals surface area (Å²) in [6, 6.07) is 0. The molecular formula is C18H38N2. The van der Waals surface area contributed by atoms with Crippen LogP contribution in [0.3, 0.4) is 0 Å². The number of hydrogen-bond acceptors (Lipinski definition) is 2. The molecule has 1 N–H and O–H groups in total. The molecule has 0 saturated carbocycles. The van der Waals surface area contributed by atoms with Crippen LogP contribution >= 0.6 is 0 Å². The molecule has 1 saturated heterocycles. The highest BCUT2D eigenvalue weighted by Gasteiger charge is 2.30. The van der Waals surface area contributed by atoms with Crippen LogP contribution in [-0.4, -0.2) is 37.6 Å². The Bertz CT molecular complexity index is 268. The second kappa shape index (κ2) is 7.26. The molecule has 0 aliphatic carbocycles. The van der Waals surface area contributed by atoms with Crippen LogP contribution in [0.2, 0.25) is 0 Å². The highest BCUT2D eigenvalue weighted by atomic mass is 15.1. The second-order valence-corrected chi connectivity index (χ2v) is 9.11. The van der Waals surface area contributed by atoms with E-state index in [9.17, 15) is 0 Å². The normalized spacial score (nSPS) is 19.8.